The molecule has 2 rings (SSSR count). The van der Waals surface area contributed by atoms with E-state index in [1.165, 1.54) is 10.4 Å². The molecule has 0 fully saturated rings. The van der Waals surface area contributed by atoms with E-state index < -0.39 is 0 Å². The molecule has 1 aromatic carbocycles. The van der Waals surface area contributed by atoms with Crippen molar-refractivity contribution in [3.63, 3.8) is 0 Å². The lowest BCUT2D eigenvalue weighted by Gasteiger charge is -2.16. The first-order valence-corrected chi connectivity index (χ1v) is 7.81. The largest absolute Gasteiger partial charge is 0.347 e. The van der Waals surface area contributed by atoms with E-state index in [9.17, 15) is 0 Å². The predicted molar refractivity (Wildman–Crippen MR) is 87.9 cm³/mol. The number of aromatic nitrogens is 1. The fraction of sp³-hybridized carbons (Fsp3) is 0.400. The second-order valence-corrected chi connectivity index (χ2v) is 6.39. The number of aryl methyl sites for hydroxylation is 1. The Labute approximate surface area is 129 Å². The monoisotopic (exact) mass is 309 g/mol. The van der Waals surface area contributed by atoms with Crippen molar-refractivity contribution in [1.29, 1.82) is 0 Å². The first-order chi connectivity index (χ1) is 9.51. The van der Waals surface area contributed by atoms with Gasteiger partial charge < -0.3 is 10.2 Å². The summed E-state index contributed by atoms with van der Waals surface area (Å²) >= 11 is 7.77. The van der Waals surface area contributed by atoms with Crippen LogP contribution in [0.4, 0.5) is 5.13 Å². The number of benzene rings is 1. The molecule has 20 heavy (non-hydrogen) atoms. The van der Waals surface area contributed by atoms with Crippen molar-refractivity contribution in [1.82, 2.24) is 10.3 Å². The number of hydrogen-bond donors (Lipinski definition) is 1. The van der Waals surface area contributed by atoms with Gasteiger partial charge in [0.15, 0.2) is 5.13 Å². The van der Waals surface area contributed by atoms with Crippen molar-refractivity contribution < 1.29 is 0 Å². The Hall–Kier alpha value is -1.10. The minimum absolute atomic E-state index is 0.334. The number of anilines is 1. The third kappa shape index (κ3) is 3.51. The van der Waals surface area contributed by atoms with Gasteiger partial charge in [0, 0.05) is 29.5 Å². The van der Waals surface area contributed by atoms with Gasteiger partial charge in [0.1, 0.15) is 0 Å². The van der Waals surface area contributed by atoms with Crippen LogP contribution in [0.2, 0.25) is 5.02 Å². The predicted octanol–water partition coefficient (Wildman–Crippen LogP) is 4.02. The van der Waals surface area contributed by atoms with E-state index in [-0.39, 0.29) is 0 Å². The summed E-state index contributed by atoms with van der Waals surface area (Å²) in [6.07, 6.45) is 0. The van der Waals surface area contributed by atoms with Crippen LogP contribution in [0.25, 0.3) is 0 Å². The van der Waals surface area contributed by atoms with Gasteiger partial charge in [0.2, 0.25) is 0 Å². The second kappa shape index (κ2) is 6.57. The maximum atomic E-state index is 6.02. The van der Waals surface area contributed by atoms with Crippen LogP contribution in [0.5, 0.6) is 0 Å². The molecule has 3 nitrogen and oxygen atoms in total. The highest BCUT2D eigenvalue weighted by Gasteiger charge is 2.15. The van der Waals surface area contributed by atoms with E-state index >= 15 is 0 Å². The van der Waals surface area contributed by atoms with Gasteiger partial charge in [0.05, 0.1) is 5.69 Å². The lowest BCUT2D eigenvalue weighted by molar-refractivity contribution is 0.658. The maximum Gasteiger partial charge on any atom is 0.185 e. The molecule has 108 valence electrons. The van der Waals surface area contributed by atoms with E-state index in [4.69, 9.17) is 11.6 Å². The van der Waals surface area contributed by atoms with Gasteiger partial charge in [-0.15, -0.1) is 11.3 Å². The third-order valence-electron chi connectivity index (χ3n) is 3.28. The number of hydrogen-bond acceptors (Lipinski definition) is 4. The van der Waals surface area contributed by atoms with Crippen LogP contribution in [-0.2, 0) is 6.54 Å². The van der Waals surface area contributed by atoms with Crippen LogP contribution in [0.3, 0.4) is 0 Å². The molecule has 5 heteroatoms. The quantitative estimate of drug-likeness (QED) is 0.904. The van der Waals surface area contributed by atoms with Gasteiger partial charge in [-0.2, -0.15) is 0 Å². The average Bonchev–Trinajstić information content (AvgIpc) is 2.80. The fourth-order valence-corrected chi connectivity index (χ4v) is 3.37. The van der Waals surface area contributed by atoms with Gasteiger partial charge in [-0.05, 0) is 38.6 Å². The van der Waals surface area contributed by atoms with Crippen molar-refractivity contribution >= 4 is 28.1 Å². The number of nitrogens with one attached hydrogen (secondary N) is 1. The number of halogens is 1. The molecule has 1 N–H and O–H groups in total. The molecule has 0 spiro atoms. The van der Waals surface area contributed by atoms with Crippen molar-refractivity contribution in [3.8, 4) is 0 Å². The maximum absolute atomic E-state index is 6.02. The van der Waals surface area contributed by atoms with Crippen LogP contribution in [0.1, 0.15) is 29.1 Å². The zero-order chi connectivity index (χ0) is 14.7. The molecule has 0 bridgehead atoms. The molecule has 0 radical (unpaired) electrons. The van der Waals surface area contributed by atoms with Gasteiger partial charge in [-0.3, -0.25) is 0 Å². The van der Waals surface area contributed by atoms with Crippen LogP contribution >= 0.6 is 22.9 Å². The van der Waals surface area contributed by atoms with Crippen LogP contribution in [0, 0.1) is 6.92 Å². The zero-order valence-corrected chi connectivity index (χ0v) is 13.8. The summed E-state index contributed by atoms with van der Waals surface area (Å²) < 4.78 is 0. The number of nitrogens with zero attached hydrogens (tertiary/aromatic N) is 2. The van der Waals surface area contributed by atoms with Crippen molar-refractivity contribution in [2.45, 2.75) is 26.4 Å². The Kier molecular flexibility index (Phi) is 5.02. The zero-order valence-electron chi connectivity index (χ0n) is 12.3. The average molecular weight is 310 g/mol. The molecule has 0 saturated carbocycles. The minimum atomic E-state index is 0.334. The molecule has 0 aliphatic rings. The molecule has 0 amide bonds. The Morgan fingerprint density at radius 1 is 1.45 bits per heavy atom. The van der Waals surface area contributed by atoms with Crippen LogP contribution in [-0.4, -0.2) is 19.1 Å². The molecule has 1 aromatic heterocycles. The van der Waals surface area contributed by atoms with Gasteiger partial charge in [-0.25, -0.2) is 4.98 Å². The normalized spacial score (nSPS) is 12.4. The van der Waals surface area contributed by atoms with Gasteiger partial charge >= 0.3 is 0 Å². The summed E-state index contributed by atoms with van der Waals surface area (Å²) in [5.74, 6) is 0. The topological polar surface area (TPSA) is 28.2 Å². The summed E-state index contributed by atoms with van der Waals surface area (Å²) in [5.41, 5.74) is 2.29. The first-order valence-electron chi connectivity index (χ1n) is 6.61. The first kappa shape index (κ1) is 15.3. The summed E-state index contributed by atoms with van der Waals surface area (Å²) in [4.78, 5) is 8.12. The highest BCUT2D eigenvalue weighted by Crippen LogP contribution is 2.30. The summed E-state index contributed by atoms with van der Waals surface area (Å²) in [6, 6.07) is 8.29. The van der Waals surface area contributed by atoms with E-state index in [0.29, 0.717) is 6.04 Å². The van der Waals surface area contributed by atoms with Gasteiger partial charge in [0.25, 0.3) is 0 Å². The Morgan fingerprint density at radius 2 is 2.20 bits per heavy atom. The Balaban J connectivity index is 2.15. The van der Waals surface area contributed by atoms with E-state index in [1.807, 2.05) is 25.2 Å². The summed E-state index contributed by atoms with van der Waals surface area (Å²) in [6.45, 7) is 5.03. The summed E-state index contributed by atoms with van der Waals surface area (Å²) in [7, 11) is 4.03. The minimum Gasteiger partial charge on any atom is -0.347 e. The smallest absolute Gasteiger partial charge is 0.185 e. The molecule has 1 heterocycles. The molecule has 0 saturated heterocycles. The third-order valence-corrected chi connectivity index (χ3v) is 4.97. The van der Waals surface area contributed by atoms with Crippen LogP contribution in [0.15, 0.2) is 24.3 Å². The molecular formula is C15H20ClN3S. The highest BCUT2D eigenvalue weighted by molar-refractivity contribution is 7.15. The number of rotatable bonds is 5. The standard InChI is InChI=1S/C15H20ClN3S/c1-10(17-3)14-11(2)18-15(20-14)19(4)9-12-6-5-7-13(16)8-12/h5-8,10,17H,9H2,1-4H3. The van der Waals surface area contributed by atoms with Crippen molar-refractivity contribution in [3.05, 3.63) is 45.4 Å². The van der Waals surface area contributed by atoms with Crippen molar-refractivity contribution in [2.75, 3.05) is 19.0 Å². The molecule has 2 aromatic rings. The number of thiazole rings is 1. The SMILES string of the molecule is CNC(C)c1sc(N(C)Cc2cccc(Cl)c2)nc1C. The van der Waals surface area contributed by atoms with E-state index in [2.05, 4.69) is 42.2 Å². The summed E-state index contributed by atoms with van der Waals surface area (Å²) in [5, 5.41) is 5.08. The van der Waals surface area contributed by atoms with Crippen LogP contribution < -0.4 is 10.2 Å². The molecular weight excluding hydrogens is 290 g/mol. The lowest BCUT2D eigenvalue weighted by atomic mass is 10.2. The molecule has 1 atom stereocenters. The lowest BCUT2D eigenvalue weighted by Crippen LogP contribution is -2.16. The Bertz CT molecular complexity index is 582. The highest BCUT2D eigenvalue weighted by atomic mass is 35.5. The molecule has 0 aliphatic carbocycles. The van der Waals surface area contributed by atoms with Crippen molar-refractivity contribution in [2.24, 2.45) is 0 Å². The van der Waals surface area contributed by atoms with Gasteiger partial charge in [-0.1, -0.05) is 23.7 Å². The molecule has 0 aliphatic heterocycles. The van der Waals surface area contributed by atoms with E-state index in [1.54, 1.807) is 11.3 Å². The molecule has 1 unspecified atom stereocenters. The van der Waals surface area contributed by atoms with E-state index in [0.717, 1.165) is 22.4 Å². The fourth-order valence-electron chi connectivity index (χ4n) is 2.07. The second-order valence-electron chi connectivity index (χ2n) is 4.94. The Morgan fingerprint density at radius 3 is 2.85 bits per heavy atom.